The SMILES string of the molecule is CC(C)N(C)CCNC1CCC(C(C)(C)C)CC1. The highest BCUT2D eigenvalue weighted by Gasteiger charge is 2.29. The van der Waals surface area contributed by atoms with E-state index in [-0.39, 0.29) is 0 Å². The topological polar surface area (TPSA) is 15.3 Å². The van der Waals surface area contributed by atoms with Crippen molar-refractivity contribution in [1.29, 1.82) is 0 Å². The molecule has 2 heteroatoms. The zero-order valence-corrected chi connectivity index (χ0v) is 13.4. The van der Waals surface area contributed by atoms with Gasteiger partial charge in [0.2, 0.25) is 0 Å². The van der Waals surface area contributed by atoms with E-state index in [1.165, 1.54) is 25.7 Å². The van der Waals surface area contributed by atoms with Crippen LogP contribution in [-0.4, -0.2) is 37.1 Å². The van der Waals surface area contributed by atoms with Crippen molar-refractivity contribution < 1.29 is 0 Å². The molecule has 0 radical (unpaired) electrons. The highest BCUT2D eigenvalue weighted by molar-refractivity contribution is 4.83. The van der Waals surface area contributed by atoms with E-state index in [0.29, 0.717) is 11.5 Å². The van der Waals surface area contributed by atoms with Gasteiger partial charge in [-0.1, -0.05) is 20.8 Å². The van der Waals surface area contributed by atoms with Crippen molar-refractivity contribution in [2.24, 2.45) is 11.3 Å². The molecule has 1 aliphatic carbocycles. The summed E-state index contributed by atoms with van der Waals surface area (Å²) in [6.45, 7) is 14.0. The van der Waals surface area contributed by atoms with Crippen LogP contribution in [-0.2, 0) is 0 Å². The van der Waals surface area contributed by atoms with E-state index in [9.17, 15) is 0 Å². The third kappa shape index (κ3) is 5.27. The van der Waals surface area contributed by atoms with Crippen LogP contribution in [0.4, 0.5) is 0 Å². The molecule has 0 aromatic rings. The van der Waals surface area contributed by atoms with Gasteiger partial charge in [0.15, 0.2) is 0 Å². The van der Waals surface area contributed by atoms with Crippen molar-refractivity contribution in [3.63, 3.8) is 0 Å². The molecular weight excluding hydrogens is 220 g/mol. The molecule has 18 heavy (non-hydrogen) atoms. The monoisotopic (exact) mass is 254 g/mol. The van der Waals surface area contributed by atoms with Crippen LogP contribution in [0.5, 0.6) is 0 Å². The molecule has 1 saturated carbocycles. The molecule has 0 saturated heterocycles. The van der Waals surface area contributed by atoms with Crippen molar-refractivity contribution in [1.82, 2.24) is 10.2 Å². The van der Waals surface area contributed by atoms with E-state index in [0.717, 1.165) is 25.0 Å². The van der Waals surface area contributed by atoms with Crippen LogP contribution in [0.1, 0.15) is 60.3 Å². The summed E-state index contributed by atoms with van der Waals surface area (Å²) >= 11 is 0. The molecule has 108 valence electrons. The van der Waals surface area contributed by atoms with Gasteiger partial charge in [-0.05, 0) is 57.9 Å². The Balaban J connectivity index is 2.16. The van der Waals surface area contributed by atoms with E-state index in [1.54, 1.807) is 0 Å². The maximum Gasteiger partial charge on any atom is 0.0107 e. The average molecular weight is 254 g/mol. The Hall–Kier alpha value is -0.0800. The van der Waals surface area contributed by atoms with Crippen molar-refractivity contribution in [3.8, 4) is 0 Å². The smallest absolute Gasteiger partial charge is 0.0107 e. The van der Waals surface area contributed by atoms with Crippen molar-refractivity contribution in [3.05, 3.63) is 0 Å². The zero-order chi connectivity index (χ0) is 13.8. The Morgan fingerprint density at radius 1 is 1.11 bits per heavy atom. The summed E-state index contributed by atoms with van der Waals surface area (Å²) in [5, 5.41) is 3.74. The lowest BCUT2D eigenvalue weighted by Crippen LogP contribution is -2.40. The fraction of sp³-hybridized carbons (Fsp3) is 1.00. The first-order valence-electron chi connectivity index (χ1n) is 7.74. The highest BCUT2D eigenvalue weighted by Crippen LogP contribution is 2.37. The molecular formula is C16H34N2. The Morgan fingerprint density at radius 2 is 1.67 bits per heavy atom. The fourth-order valence-electron chi connectivity index (χ4n) is 2.87. The fourth-order valence-corrected chi connectivity index (χ4v) is 2.87. The summed E-state index contributed by atoms with van der Waals surface area (Å²) < 4.78 is 0. The van der Waals surface area contributed by atoms with Crippen LogP contribution in [0.15, 0.2) is 0 Å². The average Bonchev–Trinajstić information content (AvgIpc) is 2.28. The van der Waals surface area contributed by atoms with Crippen LogP contribution in [0.2, 0.25) is 0 Å². The molecule has 1 fully saturated rings. The second-order valence-electron chi connectivity index (χ2n) is 7.44. The van der Waals surface area contributed by atoms with Crippen molar-refractivity contribution in [2.45, 2.75) is 72.4 Å². The highest BCUT2D eigenvalue weighted by atomic mass is 15.1. The van der Waals surface area contributed by atoms with Gasteiger partial charge in [0.25, 0.3) is 0 Å². The number of rotatable bonds is 5. The van der Waals surface area contributed by atoms with Crippen LogP contribution in [0.3, 0.4) is 0 Å². The number of likely N-dealkylation sites (N-methyl/N-ethyl adjacent to an activating group) is 1. The molecule has 2 nitrogen and oxygen atoms in total. The molecule has 0 aromatic heterocycles. The van der Waals surface area contributed by atoms with E-state index < -0.39 is 0 Å². The Labute approximate surface area is 115 Å². The second kappa shape index (κ2) is 6.91. The normalized spacial score (nSPS) is 26.0. The first kappa shape index (κ1) is 16.0. The summed E-state index contributed by atoms with van der Waals surface area (Å²) in [7, 11) is 2.21. The molecule has 1 aliphatic rings. The summed E-state index contributed by atoms with van der Waals surface area (Å²) in [5.74, 6) is 0.925. The lowest BCUT2D eigenvalue weighted by Gasteiger charge is -2.37. The molecule has 0 unspecified atom stereocenters. The quantitative estimate of drug-likeness (QED) is 0.807. The second-order valence-corrected chi connectivity index (χ2v) is 7.44. The van der Waals surface area contributed by atoms with E-state index in [2.05, 4.69) is 51.9 Å². The first-order valence-corrected chi connectivity index (χ1v) is 7.74. The van der Waals surface area contributed by atoms with Gasteiger partial charge in [0.05, 0.1) is 0 Å². The van der Waals surface area contributed by atoms with Gasteiger partial charge in [-0.15, -0.1) is 0 Å². The lowest BCUT2D eigenvalue weighted by atomic mass is 9.71. The largest absolute Gasteiger partial charge is 0.313 e. The molecule has 0 bridgehead atoms. The van der Waals surface area contributed by atoms with Gasteiger partial charge in [-0.2, -0.15) is 0 Å². The number of hydrogen-bond donors (Lipinski definition) is 1. The van der Waals surface area contributed by atoms with Crippen molar-refractivity contribution >= 4 is 0 Å². The lowest BCUT2D eigenvalue weighted by molar-refractivity contribution is 0.158. The number of nitrogens with zero attached hydrogens (tertiary/aromatic N) is 1. The molecule has 1 N–H and O–H groups in total. The molecule has 1 rings (SSSR count). The third-order valence-corrected chi connectivity index (χ3v) is 4.73. The molecule has 0 amide bonds. The maximum atomic E-state index is 3.74. The van der Waals surface area contributed by atoms with Gasteiger partial charge >= 0.3 is 0 Å². The molecule has 0 aromatic carbocycles. The van der Waals surface area contributed by atoms with Gasteiger partial charge in [-0.25, -0.2) is 0 Å². The summed E-state index contributed by atoms with van der Waals surface area (Å²) in [5.41, 5.74) is 0.503. The Morgan fingerprint density at radius 3 is 2.11 bits per heavy atom. The van der Waals surface area contributed by atoms with Gasteiger partial charge in [0, 0.05) is 25.2 Å². The van der Waals surface area contributed by atoms with Crippen LogP contribution >= 0.6 is 0 Å². The van der Waals surface area contributed by atoms with Gasteiger partial charge < -0.3 is 10.2 Å². The molecule has 0 aliphatic heterocycles. The molecule has 0 heterocycles. The Bertz CT molecular complexity index is 222. The third-order valence-electron chi connectivity index (χ3n) is 4.73. The summed E-state index contributed by atoms with van der Waals surface area (Å²) in [6.07, 6.45) is 5.54. The van der Waals surface area contributed by atoms with E-state index >= 15 is 0 Å². The Kier molecular flexibility index (Phi) is 6.13. The van der Waals surface area contributed by atoms with Gasteiger partial charge in [0.1, 0.15) is 0 Å². The van der Waals surface area contributed by atoms with Crippen molar-refractivity contribution in [2.75, 3.05) is 20.1 Å². The summed E-state index contributed by atoms with van der Waals surface area (Å²) in [6, 6.07) is 1.42. The minimum Gasteiger partial charge on any atom is -0.313 e. The maximum absolute atomic E-state index is 3.74. The predicted octanol–water partition coefficient (Wildman–Crippen LogP) is 3.52. The first-order chi connectivity index (χ1) is 8.30. The van der Waals surface area contributed by atoms with Crippen LogP contribution < -0.4 is 5.32 Å². The minimum atomic E-state index is 0.503. The van der Waals surface area contributed by atoms with Crippen LogP contribution in [0.25, 0.3) is 0 Å². The zero-order valence-electron chi connectivity index (χ0n) is 13.4. The van der Waals surface area contributed by atoms with Gasteiger partial charge in [-0.3, -0.25) is 0 Å². The predicted molar refractivity (Wildman–Crippen MR) is 81.0 cm³/mol. The van der Waals surface area contributed by atoms with E-state index in [1.807, 2.05) is 0 Å². The molecule has 0 atom stereocenters. The standard InChI is InChI=1S/C16H34N2/c1-13(2)18(6)12-11-17-15-9-7-14(8-10-15)16(3,4)5/h13-15,17H,7-12H2,1-6H3. The van der Waals surface area contributed by atoms with Crippen LogP contribution in [0, 0.1) is 11.3 Å². The van der Waals surface area contributed by atoms with E-state index in [4.69, 9.17) is 0 Å². The summed E-state index contributed by atoms with van der Waals surface area (Å²) in [4.78, 5) is 2.41. The number of hydrogen-bond acceptors (Lipinski definition) is 2. The molecule has 0 spiro atoms. The minimum absolute atomic E-state index is 0.503. The number of nitrogens with one attached hydrogen (secondary N) is 1.